The van der Waals surface area contributed by atoms with Gasteiger partial charge >= 0.3 is 0 Å². The summed E-state index contributed by atoms with van der Waals surface area (Å²) in [5.74, 6) is 0.802. The molecule has 0 unspecified atom stereocenters. The highest BCUT2D eigenvalue weighted by Gasteiger charge is 2.10. The Morgan fingerprint density at radius 3 is 2.74 bits per heavy atom. The molecule has 2 heterocycles. The van der Waals surface area contributed by atoms with Crippen LogP contribution in [0, 0.1) is 0 Å². The molecule has 1 fully saturated rings. The average Bonchev–Trinajstić information content (AvgIpc) is 2.65. The predicted molar refractivity (Wildman–Crippen MR) is 113 cm³/mol. The van der Waals surface area contributed by atoms with E-state index in [4.69, 9.17) is 9.47 Å². The van der Waals surface area contributed by atoms with Gasteiger partial charge in [-0.15, -0.1) is 5.10 Å². The number of rotatable bonds is 7. The maximum absolute atomic E-state index is 5.89. The summed E-state index contributed by atoms with van der Waals surface area (Å²) >= 11 is 1.68. The van der Waals surface area contributed by atoms with Crippen molar-refractivity contribution in [3.63, 3.8) is 0 Å². The normalized spacial score (nSPS) is 16.7. The lowest BCUT2D eigenvalue weighted by molar-refractivity contribution is 0.0322. The fourth-order valence-corrected chi connectivity index (χ4v) is 3.13. The molecule has 1 aromatic rings. The molecule has 0 bridgehead atoms. The Morgan fingerprint density at radius 2 is 2.07 bits per heavy atom. The van der Waals surface area contributed by atoms with Crippen molar-refractivity contribution in [3.8, 4) is 5.75 Å². The second-order valence-corrected chi connectivity index (χ2v) is 8.35. The van der Waals surface area contributed by atoms with E-state index in [1.54, 1.807) is 18.0 Å². The summed E-state index contributed by atoms with van der Waals surface area (Å²) in [4.78, 5) is 8.72. The fraction of sp³-hybridized carbons (Fsp3) is 0.632. The van der Waals surface area contributed by atoms with Crippen LogP contribution in [0.2, 0.25) is 0 Å². The van der Waals surface area contributed by atoms with Crippen molar-refractivity contribution in [1.82, 2.24) is 14.8 Å². The van der Waals surface area contributed by atoms with Crippen LogP contribution >= 0.6 is 11.8 Å². The van der Waals surface area contributed by atoms with Gasteiger partial charge in [0, 0.05) is 51.2 Å². The van der Waals surface area contributed by atoms with Crippen molar-refractivity contribution in [2.75, 3.05) is 53.6 Å². The summed E-state index contributed by atoms with van der Waals surface area (Å²) in [7, 11) is 3.94. The van der Waals surface area contributed by atoms with E-state index in [1.165, 1.54) is 0 Å². The summed E-state index contributed by atoms with van der Waals surface area (Å²) < 4.78 is 11.3. The van der Waals surface area contributed by atoms with Crippen LogP contribution < -0.4 is 4.74 Å². The Balaban J connectivity index is 1.95. The maximum Gasteiger partial charge on any atom is 0.185 e. The molecule has 150 valence electrons. The van der Waals surface area contributed by atoms with Gasteiger partial charge in [-0.3, -0.25) is 9.88 Å². The van der Waals surface area contributed by atoms with Crippen LogP contribution in [0.25, 0.3) is 0 Å². The van der Waals surface area contributed by atoms with Crippen molar-refractivity contribution in [2.45, 2.75) is 26.0 Å². The van der Waals surface area contributed by atoms with Gasteiger partial charge in [0.25, 0.3) is 0 Å². The number of hydrogen-bond donors (Lipinski definition) is 0. The summed E-state index contributed by atoms with van der Waals surface area (Å²) in [5.41, 5.74) is 1.53. The first-order valence-corrected chi connectivity index (χ1v) is 10.2. The first kappa shape index (κ1) is 21.7. The van der Waals surface area contributed by atoms with Gasteiger partial charge in [-0.05, 0) is 13.0 Å². The molecule has 0 aliphatic carbocycles. The van der Waals surface area contributed by atoms with E-state index in [9.17, 15) is 0 Å². The third kappa shape index (κ3) is 7.86. The van der Waals surface area contributed by atoms with Crippen LogP contribution in [-0.4, -0.2) is 84.5 Å². The highest BCUT2D eigenvalue weighted by atomic mass is 32.2. The zero-order valence-electron chi connectivity index (χ0n) is 17.0. The third-order valence-electron chi connectivity index (χ3n) is 3.89. The van der Waals surface area contributed by atoms with E-state index in [0.29, 0.717) is 11.9 Å². The molecular formula is C19H31N5O2S. The van der Waals surface area contributed by atoms with Crippen molar-refractivity contribution in [3.05, 3.63) is 24.0 Å². The standard InChI is InChI=1S/C19H31N5O2S/c1-15(2)27-19(23(4)5)22-21-16(3)18-14-17(6-7-20-18)26-13-10-24-8-11-25-12-9-24/h6-7,14-15H,8-13H2,1-5H3/b21-16+,22-19+. The van der Waals surface area contributed by atoms with E-state index in [0.717, 1.165) is 55.2 Å². The van der Waals surface area contributed by atoms with Crippen LogP contribution in [0.3, 0.4) is 0 Å². The summed E-state index contributed by atoms with van der Waals surface area (Å²) in [6, 6.07) is 3.79. The van der Waals surface area contributed by atoms with Gasteiger partial charge in [-0.1, -0.05) is 25.6 Å². The topological polar surface area (TPSA) is 62.5 Å². The highest BCUT2D eigenvalue weighted by molar-refractivity contribution is 8.14. The molecule has 0 spiro atoms. The molecule has 7 nitrogen and oxygen atoms in total. The molecule has 0 amide bonds. The molecule has 1 aliphatic rings. The van der Waals surface area contributed by atoms with Crippen molar-refractivity contribution >= 4 is 22.6 Å². The molecular weight excluding hydrogens is 362 g/mol. The van der Waals surface area contributed by atoms with Gasteiger partial charge in [0.05, 0.1) is 24.6 Å². The molecule has 0 radical (unpaired) electrons. The van der Waals surface area contributed by atoms with Gasteiger partial charge in [0.1, 0.15) is 12.4 Å². The van der Waals surface area contributed by atoms with E-state index in [-0.39, 0.29) is 0 Å². The van der Waals surface area contributed by atoms with Crippen LogP contribution in [0.5, 0.6) is 5.75 Å². The van der Waals surface area contributed by atoms with E-state index >= 15 is 0 Å². The molecule has 0 atom stereocenters. The fourth-order valence-electron chi connectivity index (χ4n) is 2.41. The Labute approximate surface area is 166 Å². The number of morpholine rings is 1. The van der Waals surface area contributed by atoms with Gasteiger partial charge in [0.15, 0.2) is 5.17 Å². The summed E-state index contributed by atoms with van der Waals surface area (Å²) in [6.45, 7) is 11.3. The van der Waals surface area contributed by atoms with Crippen LogP contribution in [0.15, 0.2) is 28.5 Å². The lowest BCUT2D eigenvalue weighted by Crippen LogP contribution is -2.38. The largest absolute Gasteiger partial charge is 0.492 e. The summed E-state index contributed by atoms with van der Waals surface area (Å²) in [5, 5.41) is 10.1. The molecule has 1 saturated heterocycles. The van der Waals surface area contributed by atoms with Crippen LogP contribution in [0.1, 0.15) is 26.5 Å². The smallest absolute Gasteiger partial charge is 0.185 e. The molecule has 1 aromatic heterocycles. The minimum atomic E-state index is 0.447. The van der Waals surface area contributed by atoms with Crippen molar-refractivity contribution in [2.24, 2.45) is 10.2 Å². The van der Waals surface area contributed by atoms with Crippen molar-refractivity contribution in [1.29, 1.82) is 0 Å². The number of nitrogens with zero attached hydrogens (tertiary/aromatic N) is 5. The third-order valence-corrected chi connectivity index (χ3v) is 5.02. The molecule has 27 heavy (non-hydrogen) atoms. The Hall–Kier alpha value is -1.64. The number of amidine groups is 1. The predicted octanol–water partition coefficient (Wildman–Crippen LogP) is 2.58. The number of ether oxygens (including phenoxy) is 2. The molecule has 1 aliphatic heterocycles. The first-order valence-electron chi connectivity index (χ1n) is 9.31. The molecule has 8 heteroatoms. The highest BCUT2D eigenvalue weighted by Crippen LogP contribution is 2.15. The quantitative estimate of drug-likeness (QED) is 0.403. The number of pyridine rings is 1. The Bertz CT molecular complexity index is 643. The van der Waals surface area contributed by atoms with Gasteiger partial charge in [-0.25, -0.2) is 0 Å². The summed E-state index contributed by atoms with van der Waals surface area (Å²) in [6.07, 6.45) is 1.75. The SMILES string of the molecule is C/C(=N\N=C(\SC(C)C)N(C)C)c1cc(OCCN2CCOCC2)ccn1. The van der Waals surface area contributed by atoms with E-state index in [1.807, 2.05) is 38.1 Å². The number of thioether (sulfide) groups is 1. The van der Waals surface area contributed by atoms with Crippen molar-refractivity contribution < 1.29 is 9.47 Å². The van der Waals surface area contributed by atoms with E-state index in [2.05, 4.69) is 33.9 Å². The molecule has 0 aromatic carbocycles. The maximum atomic E-state index is 5.89. The van der Waals surface area contributed by atoms with Crippen LogP contribution in [0.4, 0.5) is 0 Å². The zero-order valence-corrected chi connectivity index (χ0v) is 17.8. The molecule has 0 N–H and O–H groups in total. The van der Waals surface area contributed by atoms with Gasteiger partial charge < -0.3 is 14.4 Å². The average molecular weight is 394 g/mol. The molecule has 2 rings (SSSR count). The monoisotopic (exact) mass is 393 g/mol. The van der Waals surface area contributed by atoms with E-state index < -0.39 is 0 Å². The second-order valence-electron chi connectivity index (χ2n) is 6.81. The zero-order chi connectivity index (χ0) is 19.6. The lowest BCUT2D eigenvalue weighted by atomic mass is 10.2. The molecule has 0 saturated carbocycles. The van der Waals surface area contributed by atoms with Crippen LogP contribution in [-0.2, 0) is 4.74 Å². The second kappa shape index (κ2) is 11.3. The lowest BCUT2D eigenvalue weighted by Gasteiger charge is -2.26. The number of hydrogen-bond acceptors (Lipinski definition) is 7. The number of aromatic nitrogens is 1. The Kier molecular flexibility index (Phi) is 9.03. The minimum Gasteiger partial charge on any atom is -0.492 e. The minimum absolute atomic E-state index is 0.447. The van der Waals surface area contributed by atoms with Gasteiger partial charge in [-0.2, -0.15) is 5.10 Å². The Morgan fingerprint density at radius 1 is 1.33 bits per heavy atom. The van der Waals surface area contributed by atoms with Gasteiger partial charge in [0.2, 0.25) is 0 Å². The first-order chi connectivity index (χ1) is 13.0.